The van der Waals surface area contributed by atoms with Crippen molar-refractivity contribution in [3.05, 3.63) is 48.2 Å². The molecule has 0 saturated heterocycles. The second-order valence-corrected chi connectivity index (χ2v) is 3.77. The van der Waals surface area contributed by atoms with Crippen LogP contribution in [0.2, 0.25) is 0 Å². The molecule has 2 aromatic rings. The lowest BCUT2D eigenvalue weighted by molar-refractivity contribution is 0.475. The zero-order valence-electron chi connectivity index (χ0n) is 9.67. The molecular formula is C13H15N3O. The third-order valence-corrected chi connectivity index (χ3v) is 2.58. The highest BCUT2D eigenvalue weighted by atomic mass is 16.3. The first-order valence-corrected chi connectivity index (χ1v) is 5.39. The molecule has 17 heavy (non-hydrogen) atoms. The minimum absolute atomic E-state index is 0.255. The van der Waals surface area contributed by atoms with Gasteiger partial charge in [0.1, 0.15) is 11.6 Å². The summed E-state index contributed by atoms with van der Waals surface area (Å²) in [6, 6.07) is 12.7. The Labute approximate surface area is 100 Å². The second kappa shape index (κ2) is 4.84. The zero-order chi connectivity index (χ0) is 12.3. The topological polar surface area (TPSA) is 62.4 Å². The lowest BCUT2D eigenvalue weighted by atomic mass is 10.2. The fraction of sp³-hybridized carbons (Fsp3) is 0.154. The van der Waals surface area contributed by atoms with Gasteiger partial charge in [0.15, 0.2) is 0 Å². The molecule has 0 saturated carbocycles. The van der Waals surface area contributed by atoms with Gasteiger partial charge in [-0.1, -0.05) is 6.07 Å². The number of pyridine rings is 1. The molecule has 0 atom stereocenters. The van der Waals surface area contributed by atoms with Crippen molar-refractivity contribution in [2.24, 2.45) is 5.73 Å². The van der Waals surface area contributed by atoms with Gasteiger partial charge in [-0.05, 0) is 36.4 Å². The van der Waals surface area contributed by atoms with Crippen molar-refractivity contribution in [2.75, 3.05) is 11.9 Å². The number of hydrogen-bond acceptors (Lipinski definition) is 4. The maximum atomic E-state index is 9.24. The van der Waals surface area contributed by atoms with Gasteiger partial charge < -0.3 is 15.7 Å². The van der Waals surface area contributed by atoms with Crippen LogP contribution in [0.4, 0.5) is 11.5 Å². The molecule has 1 aromatic heterocycles. The van der Waals surface area contributed by atoms with Crippen LogP contribution in [0.15, 0.2) is 42.5 Å². The van der Waals surface area contributed by atoms with Crippen LogP contribution in [-0.2, 0) is 6.54 Å². The highest BCUT2D eigenvalue weighted by Crippen LogP contribution is 2.23. The summed E-state index contributed by atoms with van der Waals surface area (Å²) >= 11 is 0. The first-order chi connectivity index (χ1) is 8.20. The minimum atomic E-state index is 0.255. The molecule has 3 N–H and O–H groups in total. The Balaban J connectivity index is 2.29. The fourth-order valence-corrected chi connectivity index (χ4v) is 1.58. The first-order valence-electron chi connectivity index (χ1n) is 5.39. The summed E-state index contributed by atoms with van der Waals surface area (Å²) in [6.45, 7) is 0.428. The molecule has 2 rings (SSSR count). The summed E-state index contributed by atoms with van der Waals surface area (Å²) in [6.07, 6.45) is 0. The summed E-state index contributed by atoms with van der Waals surface area (Å²) in [5.41, 5.74) is 7.38. The van der Waals surface area contributed by atoms with Crippen molar-refractivity contribution >= 4 is 11.5 Å². The molecule has 1 aromatic carbocycles. The van der Waals surface area contributed by atoms with Gasteiger partial charge in [0, 0.05) is 19.3 Å². The maximum absolute atomic E-state index is 9.24. The van der Waals surface area contributed by atoms with E-state index in [4.69, 9.17) is 5.73 Å². The first kappa shape index (κ1) is 11.4. The Morgan fingerprint density at radius 3 is 2.53 bits per heavy atom. The van der Waals surface area contributed by atoms with E-state index in [-0.39, 0.29) is 5.75 Å². The van der Waals surface area contributed by atoms with Crippen molar-refractivity contribution in [1.29, 1.82) is 0 Å². The quantitative estimate of drug-likeness (QED) is 0.845. The van der Waals surface area contributed by atoms with E-state index >= 15 is 0 Å². The van der Waals surface area contributed by atoms with E-state index in [1.54, 1.807) is 12.1 Å². The van der Waals surface area contributed by atoms with Crippen LogP contribution in [0.3, 0.4) is 0 Å². The Hall–Kier alpha value is -2.07. The molecule has 0 amide bonds. The Morgan fingerprint density at radius 2 is 1.88 bits per heavy atom. The van der Waals surface area contributed by atoms with Crippen LogP contribution < -0.4 is 10.6 Å². The Morgan fingerprint density at radius 1 is 1.18 bits per heavy atom. The number of rotatable bonds is 3. The molecule has 1 heterocycles. The van der Waals surface area contributed by atoms with E-state index in [2.05, 4.69) is 4.98 Å². The summed E-state index contributed by atoms with van der Waals surface area (Å²) in [7, 11) is 1.93. The van der Waals surface area contributed by atoms with Gasteiger partial charge in [-0.25, -0.2) is 4.98 Å². The lowest BCUT2D eigenvalue weighted by Crippen LogP contribution is -2.12. The summed E-state index contributed by atoms with van der Waals surface area (Å²) in [4.78, 5) is 6.37. The number of nitrogens with zero attached hydrogens (tertiary/aromatic N) is 2. The normalized spacial score (nSPS) is 10.2. The lowest BCUT2D eigenvalue weighted by Gasteiger charge is -2.18. The van der Waals surface area contributed by atoms with Crippen molar-refractivity contribution in [3.63, 3.8) is 0 Å². The van der Waals surface area contributed by atoms with E-state index in [1.807, 2.05) is 42.3 Å². The average molecular weight is 229 g/mol. The highest BCUT2D eigenvalue weighted by molar-refractivity contribution is 5.59. The molecule has 0 bridgehead atoms. The van der Waals surface area contributed by atoms with Crippen LogP contribution >= 0.6 is 0 Å². The minimum Gasteiger partial charge on any atom is -0.508 e. The maximum Gasteiger partial charge on any atom is 0.133 e. The third kappa shape index (κ3) is 2.54. The van der Waals surface area contributed by atoms with E-state index < -0.39 is 0 Å². The van der Waals surface area contributed by atoms with Crippen molar-refractivity contribution < 1.29 is 5.11 Å². The molecule has 88 valence electrons. The van der Waals surface area contributed by atoms with Crippen molar-refractivity contribution in [2.45, 2.75) is 6.54 Å². The number of phenolic OH excluding ortho intramolecular Hbond substituents is 1. The molecular weight excluding hydrogens is 214 g/mol. The number of anilines is 2. The number of phenols is 1. The number of hydrogen-bond donors (Lipinski definition) is 2. The smallest absolute Gasteiger partial charge is 0.133 e. The van der Waals surface area contributed by atoms with Crippen molar-refractivity contribution in [1.82, 2.24) is 4.98 Å². The van der Waals surface area contributed by atoms with Gasteiger partial charge >= 0.3 is 0 Å². The monoisotopic (exact) mass is 229 g/mol. The summed E-state index contributed by atoms with van der Waals surface area (Å²) < 4.78 is 0. The van der Waals surface area contributed by atoms with E-state index in [0.29, 0.717) is 6.54 Å². The van der Waals surface area contributed by atoms with Gasteiger partial charge in [0.05, 0.1) is 5.69 Å². The molecule has 0 fully saturated rings. The van der Waals surface area contributed by atoms with Gasteiger partial charge in [-0.15, -0.1) is 0 Å². The molecule has 4 nitrogen and oxygen atoms in total. The van der Waals surface area contributed by atoms with Gasteiger partial charge in [0.25, 0.3) is 0 Å². The van der Waals surface area contributed by atoms with Crippen LogP contribution in [-0.4, -0.2) is 17.1 Å². The SMILES string of the molecule is CN(c1ccc(O)cc1)c1cccc(CN)n1. The molecule has 0 radical (unpaired) electrons. The highest BCUT2D eigenvalue weighted by Gasteiger charge is 2.05. The largest absolute Gasteiger partial charge is 0.508 e. The Kier molecular flexibility index (Phi) is 3.25. The third-order valence-electron chi connectivity index (χ3n) is 2.58. The number of aromatic hydroxyl groups is 1. The van der Waals surface area contributed by atoms with Gasteiger partial charge in [0.2, 0.25) is 0 Å². The predicted octanol–water partition coefficient (Wildman–Crippen LogP) is 2.01. The van der Waals surface area contributed by atoms with Crippen LogP contribution in [0, 0.1) is 0 Å². The molecule has 0 aliphatic carbocycles. The fourth-order valence-electron chi connectivity index (χ4n) is 1.58. The van der Waals surface area contributed by atoms with Crippen molar-refractivity contribution in [3.8, 4) is 5.75 Å². The van der Waals surface area contributed by atoms with Gasteiger partial charge in [-0.3, -0.25) is 0 Å². The summed E-state index contributed by atoms with van der Waals surface area (Å²) in [5, 5.41) is 9.24. The number of benzene rings is 1. The van der Waals surface area contributed by atoms with Crippen LogP contribution in [0.25, 0.3) is 0 Å². The molecule has 4 heteroatoms. The average Bonchev–Trinajstić information content (AvgIpc) is 2.39. The molecule has 0 aliphatic heterocycles. The number of aromatic nitrogens is 1. The second-order valence-electron chi connectivity index (χ2n) is 3.77. The van der Waals surface area contributed by atoms with Crippen LogP contribution in [0.5, 0.6) is 5.75 Å². The van der Waals surface area contributed by atoms with E-state index in [9.17, 15) is 5.11 Å². The summed E-state index contributed by atoms with van der Waals surface area (Å²) in [5.74, 6) is 1.09. The Bertz CT molecular complexity index is 496. The predicted molar refractivity (Wildman–Crippen MR) is 68.3 cm³/mol. The molecule has 0 spiro atoms. The molecule has 0 unspecified atom stereocenters. The zero-order valence-corrected chi connectivity index (χ0v) is 9.67. The van der Waals surface area contributed by atoms with E-state index in [1.165, 1.54) is 0 Å². The standard InChI is InChI=1S/C13H15N3O/c1-16(11-5-7-12(17)8-6-11)13-4-2-3-10(9-14)15-13/h2-8,17H,9,14H2,1H3. The molecule has 0 aliphatic rings. The number of nitrogens with two attached hydrogens (primary N) is 1. The van der Waals surface area contributed by atoms with Gasteiger partial charge in [-0.2, -0.15) is 0 Å². The van der Waals surface area contributed by atoms with E-state index in [0.717, 1.165) is 17.2 Å². The van der Waals surface area contributed by atoms with Crippen LogP contribution in [0.1, 0.15) is 5.69 Å².